The predicted molar refractivity (Wildman–Crippen MR) is 129 cm³/mol. The summed E-state index contributed by atoms with van der Waals surface area (Å²) in [5.41, 5.74) is 1.96. The molecule has 3 aromatic heterocycles. The maximum atomic E-state index is 9.27. The minimum Gasteiger partial charge on any atom is -0.481 e. The van der Waals surface area contributed by atoms with Crippen LogP contribution in [0, 0.1) is 0 Å². The molecule has 1 unspecified atom stereocenters. The number of hydrogen-bond donors (Lipinski definition) is 3. The molecule has 0 saturated carbocycles. The lowest BCUT2D eigenvalue weighted by molar-refractivity contribution is 0.0234. The van der Waals surface area contributed by atoms with Crippen molar-refractivity contribution in [1.29, 1.82) is 0 Å². The van der Waals surface area contributed by atoms with E-state index < -0.39 is 0 Å². The molecule has 0 aliphatic carbocycles. The van der Waals surface area contributed by atoms with Crippen LogP contribution in [0.25, 0.3) is 0 Å². The molecule has 2 bridgehead atoms. The second kappa shape index (κ2) is 9.94. The Bertz CT molecular complexity index is 1080. The first-order valence-corrected chi connectivity index (χ1v) is 11.9. The van der Waals surface area contributed by atoms with E-state index >= 15 is 0 Å². The topological polar surface area (TPSA) is 115 Å². The number of H-pyrrole nitrogens is 1. The van der Waals surface area contributed by atoms with E-state index in [1.54, 1.807) is 19.2 Å². The van der Waals surface area contributed by atoms with Crippen LogP contribution < -0.4 is 15.0 Å². The van der Waals surface area contributed by atoms with Crippen molar-refractivity contribution in [3.63, 3.8) is 0 Å². The average molecular weight is 465 g/mol. The normalized spacial score (nSPS) is 22.4. The Labute approximate surface area is 199 Å². The SMILES string of the molecule is COc1cc(Nc2cc(CO)[nH]n2)nc(N(C)C2C[C@H]3CCC[C@@H](C2)N3Cc2ccncc2)n1. The van der Waals surface area contributed by atoms with Crippen molar-refractivity contribution < 1.29 is 9.84 Å². The lowest BCUT2D eigenvalue weighted by Gasteiger charge is -2.50. The van der Waals surface area contributed by atoms with Gasteiger partial charge in [0.1, 0.15) is 5.82 Å². The zero-order chi connectivity index (χ0) is 23.5. The Morgan fingerprint density at radius 2 is 1.91 bits per heavy atom. The van der Waals surface area contributed by atoms with E-state index in [0.29, 0.717) is 47.3 Å². The highest BCUT2D eigenvalue weighted by molar-refractivity contribution is 5.55. The number of nitrogens with one attached hydrogen (secondary N) is 2. The minimum atomic E-state index is -0.0993. The van der Waals surface area contributed by atoms with Gasteiger partial charge in [0.05, 0.1) is 19.4 Å². The molecule has 34 heavy (non-hydrogen) atoms. The van der Waals surface area contributed by atoms with Gasteiger partial charge in [0.15, 0.2) is 5.82 Å². The summed E-state index contributed by atoms with van der Waals surface area (Å²) in [6.45, 7) is 0.884. The van der Waals surface area contributed by atoms with E-state index in [1.807, 2.05) is 12.4 Å². The molecule has 2 saturated heterocycles. The van der Waals surface area contributed by atoms with Crippen molar-refractivity contribution in [3.05, 3.63) is 47.9 Å². The highest BCUT2D eigenvalue weighted by atomic mass is 16.5. The van der Waals surface area contributed by atoms with Gasteiger partial charge in [-0.25, -0.2) is 0 Å². The van der Waals surface area contributed by atoms with Crippen molar-refractivity contribution >= 4 is 17.6 Å². The fourth-order valence-electron chi connectivity index (χ4n) is 5.26. The molecule has 10 heteroatoms. The van der Waals surface area contributed by atoms with E-state index in [-0.39, 0.29) is 6.61 Å². The number of ether oxygens (including phenoxy) is 1. The molecule has 180 valence electrons. The summed E-state index contributed by atoms with van der Waals surface area (Å²) in [7, 11) is 3.69. The Morgan fingerprint density at radius 3 is 2.59 bits per heavy atom. The fraction of sp³-hybridized carbons (Fsp3) is 0.500. The molecule has 2 aliphatic rings. The number of aromatic amines is 1. The number of fused-ring (bicyclic) bond motifs is 2. The van der Waals surface area contributed by atoms with Crippen LogP contribution in [-0.4, -0.2) is 67.4 Å². The average Bonchev–Trinajstić information content (AvgIpc) is 3.31. The minimum absolute atomic E-state index is 0.0993. The summed E-state index contributed by atoms with van der Waals surface area (Å²) in [6, 6.07) is 9.20. The van der Waals surface area contributed by atoms with Crippen molar-refractivity contribution in [2.24, 2.45) is 0 Å². The first-order valence-electron chi connectivity index (χ1n) is 11.9. The first-order chi connectivity index (χ1) is 16.6. The first kappa shape index (κ1) is 22.5. The maximum absolute atomic E-state index is 9.27. The van der Waals surface area contributed by atoms with Gasteiger partial charge < -0.3 is 20.1 Å². The third-order valence-electron chi connectivity index (χ3n) is 7.04. The number of methoxy groups -OCH3 is 1. The Morgan fingerprint density at radius 1 is 1.15 bits per heavy atom. The van der Waals surface area contributed by atoms with Crippen LogP contribution in [-0.2, 0) is 13.2 Å². The lowest BCUT2D eigenvalue weighted by Crippen LogP contribution is -2.56. The summed E-state index contributed by atoms with van der Waals surface area (Å²) in [5.74, 6) is 2.30. The summed E-state index contributed by atoms with van der Waals surface area (Å²) < 4.78 is 5.46. The van der Waals surface area contributed by atoms with Crippen LogP contribution in [0.1, 0.15) is 43.4 Å². The highest BCUT2D eigenvalue weighted by Gasteiger charge is 2.40. The van der Waals surface area contributed by atoms with E-state index in [2.05, 4.69) is 54.5 Å². The van der Waals surface area contributed by atoms with Crippen molar-refractivity contribution in [3.8, 4) is 5.88 Å². The number of aliphatic hydroxyl groups excluding tert-OH is 1. The largest absolute Gasteiger partial charge is 0.481 e. The molecule has 3 aromatic rings. The molecule has 2 aliphatic heterocycles. The second-order valence-electron chi connectivity index (χ2n) is 9.16. The molecule has 10 nitrogen and oxygen atoms in total. The van der Waals surface area contributed by atoms with Gasteiger partial charge in [0, 0.05) is 56.2 Å². The number of aliphatic hydroxyl groups is 1. The Balaban J connectivity index is 1.32. The second-order valence-corrected chi connectivity index (χ2v) is 9.16. The van der Waals surface area contributed by atoms with Gasteiger partial charge in [-0.05, 0) is 43.4 Å². The molecule has 0 aromatic carbocycles. The van der Waals surface area contributed by atoms with Crippen molar-refractivity contribution in [1.82, 2.24) is 30.0 Å². The zero-order valence-electron chi connectivity index (χ0n) is 19.7. The number of rotatable bonds is 8. The summed E-state index contributed by atoms with van der Waals surface area (Å²) >= 11 is 0. The van der Waals surface area contributed by atoms with Crippen LogP contribution in [0.4, 0.5) is 17.6 Å². The molecule has 5 rings (SSSR count). The van der Waals surface area contributed by atoms with E-state index in [0.717, 1.165) is 19.4 Å². The van der Waals surface area contributed by atoms with E-state index in [9.17, 15) is 5.11 Å². The van der Waals surface area contributed by atoms with Gasteiger partial charge in [-0.1, -0.05) is 6.42 Å². The zero-order valence-corrected chi connectivity index (χ0v) is 19.7. The maximum Gasteiger partial charge on any atom is 0.230 e. The summed E-state index contributed by atoms with van der Waals surface area (Å²) in [6.07, 6.45) is 9.67. The molecule has 3 N–H and O–H groups in total. The van der Waals surface area contributed by atoms with Gasteiger partial charge in [-0.2, -0.15) is 15.1 Å². The van der Waals surface area contributed by atoms with Crippen LogP contribution in [0.2, 0.25) is 0 Å². The summed E-state index contributed by atoms with van der Waals surface area (Å²) in [4.78, 5) is 18.4. The number of pyridine rings is 1. The van der Waals surface area contributed by atoms with Gasteiger partial charge in [-0.15, -0.1) is 0 Å². The molecule has 5 heterocycles. The molecule has 0 spiro atoms. The quantitative estimate of drug-likeness (QED) is 0.463. The molecule has 0 amide bonds. The van der Waals surface area contributed by atoms with Gasteiger partial charge in [0.2, 0.25) is 11.8 Å². The van der Waals surface area contributed by atoms with Crippen molar-refractivity contribution in [2.75, 3.05) is 24.4 Å². The number of aromatic nitrogens is 5. The summed E-state index contributed by atoms with van der Waals surface area (Å²) in [5, 5.41) is 19.4. The van der Waals surface area contributed by atoms with Crippen LogP contribution in [0.3, 0.4) is 0 Å². The molecular formula is C24H32N8O2. The van der Waals surface area contributed by atoms with Gasteiger partial charge >= 0.3 is 0 Å². The van der Waals surface area contributed by atoms with Crippen LogP contribution >= 0.6 is 0 Å². The third-order valence-corrected chi connectivity index (χ3v) is 7.04. The molecular weight excluding hydrogens is 432 g/mol. The standard InChI is InChI=1S/C24H32N8O2/c1-31(24-27-21(13-23(28-24)34-2)26-22-10-17(15-33)29-30-22)20-11-18-4-3-5-19(12-20)32(18)14-16-6-8-25-9-7-16/h6-10,13,18-20,33H,3-5,11-12,14-15H2,1-2H3,(H2,26,27,28,29,30)/t18-,19+,20?. The molecule has 2 fully saturated rings. The van der Waals surface area contributed by atoms with Crippen LogP contribution in [0.15, 0.2) is 36.7 Å². The van der Waals surface area contributed by atoms with E-state index in [1.165, 1.54) is 24.8 Å². The third kappa shape index (κ3) is 4.83. The van der Waals surface area contributed by atoms with Crippen LogP contribution in [0.5, 0.6) is 5.88 Å². The molecule has 0 radical (unpaired) electrons. The van der Waals surface area contributed by atoms with E-state index in [4.69, 9.17) is 9.72 Å². The smallest absolute Gasteiger partial charge is 0.230 e. The fourth-order valence-corrected chi connectivity index (χ4v) is 5.26. The predicted octanol–water partition coefficient (Wildman–Crippen LogP) is 2.86. The number of anilines is 3. The highest BCUT2D eigenvalue weighted by Crippen LogP contribution is 2.37. The van der Waals surface area contributed by atoms with Gasteiger partial charge in [-0.3, -0.25) is 15.0 Å². The van der Waals surface area contributed by atoms with Gasteiger partial charge in [0.25, 0.3) is 0 Å². The Hall–Kier alpha value is -3.24. The monoisotopic (exact) mass is 464 g/mol. The number of piperidine rings is 2. The number of hydrogen-bond acceptors (Lipinski definition) is 9. The molecule has 3 atom stereocenters. The van der Waals surface area contributed by atoms with Crippen molar-refractivity contribution in [2.45, 2.75) is 63.4 Å². The Kier molecular flexibility index (Phi) is 6.59. The lowest BCUT2D eigenvalue weighted by atomic mass is 9.81. The number of nitrogens with zero attached hydrogens (tertiary/aromatic N) is 6.